The number of aromatic hydroxyl groups is 1. The van der Waals surface area contributed by atoms with Crippen molar-refractivity contribution in [2.24, 2.45) is 0 Å². The van der Waals surface area contributed by atoms with E-state index < -0.39 is 5.63 Å². The molecule has 1 N–H and O–H groups in total. The molecule has 1 aromatic carbocycles. The normalized spacial score (nSPS) is 10.6. The van der Waals surface area contributed by atoms with Gasteiger partial charge >= 0.3 is 5.63 Å². The van der Waals surface area contributed by atoms with Crippen LogP contribution in [0.3, 0.4) is 0 Å². The molecule has 0 atom stereocenters. The average molecular weight is 280 g/mol. The van der Waals surface area contributed by atoms with Crippen molar-refractivity contribution < 1.29 is 9.52 Å². The Labute approximate surface area is 115 Å². The standard InChI is InChI=1S/C14H14ClNO3/c1-2-3-6-10-12(17)16-13(19-14(10)18)9-7-4-5-8-11(9)15/h4-5,7-8,17H,2-3,6H2,1H3. The van der Waals surface area contributed by atoms with Crippen LogP contribution in [0.15, 0.2) is 33.5 Å². The molecule has 0 amide bonds. The number of benzene rings is 1. The van der Waals surface area contributed by atoms with E-state index in [2.05, 4.69) is 4.98 Å². The second-order valence-corrected chi connectivity index (χ2v) is 4.60. The molecule has 0 unspecified atom stereocenters. The summed E-state index contributed by atoms with van der Waals surface area (Å²) in [4.78, 5) is 15.8. The summed E-state index contributed by atoms with van der Waals surface area (Å²) in [6.07, 6.45) is 2.18. The van der Waals surface area contributed by atoms with Crippen molar-refractivity contribution in [3.63, 3.8) is 0 Å². The largest absolute Gasteiger partial charge is 0.493 e. The molecule has 0 aliphatic carbocycles. The van der Waals surface area contributed by atoms with Gasteiger partial charge in [-0.2, -0.15) is 4.98 Å². The molecule has 5 heteroatoms. The molecular weight excluding hydrogens is 266 g/mol. The van der Waals surface area contributed by atoms with Crippen LogP contribution < -0.4 is 5.63 Å². The molecule has 0 saturated heterocycles. The molecule has 0 aliphatic rings. The molecule has 0 aliphatic heterocycles. The Bertz CT molecular complexity index is 637. The monoisotopic (exact) mass is 279 g/mol. The first-order valence-electron chi connectivity index (χ1n) is 6.11. The number of hydrogen-bond acceptors (Lipinski definition) is 4. The highest BCUT2D eigenvalue weighted by Gasteiger charge is 2.15. The Balaban J connectivity index is 2.46. The van der Waals surface area contributed by atoms with Crippen LogP contribution in [0.4, 0.5) is 0 Å². The molecular formula is C14H14ClNO3. The zero-order chi connectivity index (χ0) is 13.8. The van der Waals surface area contributed by atoms with E-state index in [-0.39, 0.29) is 17.3 Å². The maximum Gasteiger partial charge on any atom is 0.346 e. The predicted molar refractivity (Wildman–Crippen MR) is 73.5 cm³/mol. The summed E-state index contributed by atoms with van der Waals surface area (Å²) in [6.45, 7) is 2.00. The molecule has 1 heterocycles. The van der Waals surface area contributed by atoms with Crippen molar-refractivity contribution in [2.45, 2.75) is 26.2 Å². The van der Waals surface area contributed by atoms with E-state index in [0.29, 0.717) is 17.0 Å². The van der Waals surface area contributed by atoms with E-state index in [9.17, 15) is 9.90 Å². The van der Waals surface area contributed by atoms with Crippen LogP contribution in [-0.4, -0.2) is 10.1 Å². The molecule has 19 heavy (non-hydrogen) atoms. The number of hydrogen-bond donors (Lipinski definition) is 1. The van der Waals surface area contributed by atoms with Crippen LogP contribution in [0.5, 0.6) is 5.88 Å². The maximum absolute atomic E-state index is 11.8. The Morgan fingerprint density at radius 2 is 2.11 bits per heavy atom. The molecule has 4 nitrogen and oxygen atoms in total. The van der Waals surface area contributed by atoms with Gasteiger partial charge in [-0.3, -0.25) is 0 Å². The summed E-state index contributed by atoms with van der Waals surface area (Å²) in [5.41, 5.74) is 0.145. The molecule has 2 aromatic rings. The quantitative estimate of drug-likeness (QED) is 0.931. The molecule has 1 aromatic heterocycles. The third-order valence-corrected chi connectivity index (χ3v) is 3.13. The minimum atomic E-state index is -0.559. The van der Waals surface area contributed by atoms with Gasteiger partial charge in [-0.25, -0.2) is 4.79 Å². The van der Waals surface area contributed by atoms with Gasteiger partial charge in [0.1, 0.15) is 0 Å². The SMILES string of the molecule is CCCCc1c(O)nc(-c2ccccc2Cl)oc1=O. The summed E-state index contributed by atoms with van der Waals surface area (Å²) in [5, 5.41) is 10.3. The van der Waals surface area contributed by atoms with Gasteiger partial charge in [0.15, 0.2) is 0 Å². The number of halogens is 1. The van der Waals surface area contributed by atoms with Gasteiger partial charge in [-0.1, -0.05) is 37.1 Å². The van der Waals surface area contributed by atoms with Crippen molar-refractivity contribution >= 4 is 11.6 Å². The second-order valence-electron chi connectivity index (χ2n) is 4.19. The summed E-state index contributed by atoms with van der Waals surface area (Å²) < 4.78 is 5.14. The first-order chi connectivity index (χ1) is 9.13. The van der Waals surface area contributed by atoms with E-state index in [0.717, 1.165) is 12.8 Å². The number of unbranched alkanes of at least 4 members (excludes halogenated alkanes) is 1. The third-order valence-electron chi connectivity index (χ3n) is 2.80. The lowest BCUT2D eigenvalue weighted by molar-refractivity contribution is 0.408. The van der Waals surface area contributed by atoms with Crippen LogP contribution >= 0.6 is 11.6 Å². The predicted octanol–water partition coefficient (Wildman–Crippen LogP) is 3.40. The highest BCUT2D eigenvalue weighted by molar-refractivity contribution is 6.33. The van der Waals surface area contributed by atoms with Crippen LogP contribution in [0.2, 0.25) is 5.02 Å². The van der Waals surface area contributed by atoms with Gasteiger partial charge in [-0.15, -0.1) is 0 Å². The van der Waals surface area contributed by atoms with Crippen LogP contribution in [0.1, 0.15) is 25.3 Å². The molecule has 2 rings (SSSR count). The van der Waals surface area contributed by atoms with Gasteiger partial charge in [-0.05, 0) is 25.0 Å². The second kappa shape index (κ2) is 5.89. The van der Waals surface area contributed by atoms with Gasteiger partial charge < -0.3 is 9.52 Å². The van der Waals surface area contributed by atoms with E-state index in [1.807, 2.05) is 6.92 Å². The van der Waals surface area contributed by atoms with Crippen LogP contribution in [-0.2, 0) is 6.42 Å². The van der Waals surface area contributed by atoms with E-state index in [4.69, 9.17) is 16.0 Å². The van der Waals surface area contributed by atoms with Gasteiger partial charge in [0, 0.05) is 0 Å². The van der Waals surface area contributed by atoms with Crippen LogP contribution in [0, 0.1) is 0 Å². The minimum absolute atomic E-state index is 0.0355. The summed E-state index contributed by atoms with van der Waals surface area (Å²) in [7, 11) is 0. The van der Waals surface area contributed by atoms with Crippen molar-refractivity contribution in [3.8, 4) is 17.3 Å². The van der Waals surface area contributed by atoms with E-state index in [1.165, 1.54) is 0 Å². The number of rotatable bonds is 4. The van der Waals surface area contributed by atoms with Crippen molar-refractivity contribution in [1.82, 2.24) is 4.98 Å². The number of aromatic nitrogens is 1. The van der Waals surface area contributed by atoms with Crippen molar-refractivity contribution in [3.05, 3.63) is 45.3 Å². The summed E-state index contributed by atoms with van der Waals surface area (Å²) in [5.74, 6) is -0.243. The van der Waals surface area contributed by atoms with E-state index >= 15 is 0 Å². The average Bonchev–Trinajstić information content (AvgIpc) is 2.38. The first kappa shape index (κ1) is 13.6. The molecule has 0 fully saturated rings. The Hall–Kier alpha value is -1.81. The Morgan fingerprint density at radius 3 is 2.74 bits per heavy atom. The van der Waals surface area contributed by atoms with Crippen molar-refractivity contribution in [2.75, 3.05) is 0 Å². The number of nitrogens with zero attached hydrogens (tertiary/aromatic N) is 1. The molecule has 0 bridgehead atoms. The Kier molecular flexibility index (Phi) is 4.22. The highest BCUT2D eigenvalue weighted by atomic mass is 35.5. The Morgan fingerprint density at radius 1 is 1.37 bits per heavy atom. The highest BCUT2D eigenvalue weighted by Crippen LogP contribution is 2.27. The van der Waals surface area contributed by atoms with Gasteiger partial charge in [0.25, 0.3) is 0 Å². The first-order valence-corrected chi connectivity index (χ1v) is 6.49. The van der Waals surface area contributed by atoms with Gasteiger partial charge in [0.05, 0.1) is 16.1 Å². The van der Waals surface area contributed by atoms with E-state index in [1.54, 1.807) is 24.3 Å². The molecule has 100 valence electrons. The fraction of sp³-hybridized carbons (Fsp3) is 0.286. The fourth-order valence-electron chi connectivity index (χ4n) is 1.74. The van der Waals surface area contributed by atoms with Crippen molar-refractivity contribution in [1.29, 1.82) is 0 Å². The minimum Gasteiger partial charge on any atom is -0.493 e. The molecule has 0 radical (unpaired) electrons. The van der Waals surface area contributed by atoms with Gasteiger partial charge in [0.2, 0.25) is 11.8 Å². The third kappa shape index (κ3) is 2.96. The zero-order valence-corrected chi connectivity index (χ0v) is 11.3. The summed E-state index contributed by atoms with van der Waals surface area (Å²) >= 11 is 6.00. The lowest BCUT2D eigenvalue weighted by Crippen LogP contribution is -2.10. The van der Waals surface area contributed by atoms with Crippen LogP contribution in [0.25, 0.3) is 11.5 Å². The fourth-order valence-corrected chi connectivity index (χ4v) is 1.96. The lowest BCUT2D eigenvalue weighted by atomic mass is 10.1. The lowest BCUT2D eigenvalue weighted by Gasteiger charge is -2.05. The molecule has 0 saturated carbocycles. The molecule has 0 spiro atoms. The maximum atomic E-state index is 11.8. The zero-order valence-electron chi connectivity index (χ0n) is 10.5. The summed E-state index contributed by atoms with van der Waals surface area (Å²) in [6, 6.07) is 6.86. The topological polar surface area (TPSA) is 63.3 Å². The smallest absolute Gasteiger partial charge is 0.346 e.